The Morgan fingerprint density at radius 2 is 2.00 bits per heavy atom. The molecule has 2 fully saturated rings. The van der Waals surface area contributed by atoms with E-state index in [9.17, 15) is 9.59 Å². The highest BCUT2D eigenvalue weighted by atomic mass is 16.4. The van der Waals surface area contributed by atoms with E-state index in [1.165, 1.54) is 0 Å². The molecule has 0 aromatic heterocycles. The van der Waals surface area contributed by atoms with Crippen LogP contribution in [0.15, 0.2) is 0 Å². The number of carboxylic acid groups (broad SMARTS) is 1. The Balaban J connectivity index is 1.87. The van der Waals surface area contributed by atoms with E-state index >= 15 is 0 Å². The minimum atomic E-state index is -0.793. The number of carboxylic acids is 1. The second kappa shape index (κ2) is 6.43. The summed E-state index contributed by atoms with van der Waals surface area (Å²) in [6.07, 6.45) is 3.70. The van der Waals surface area contributed by atoms with Crippen molar-refractivity contribution in [2.24, 2.45) is 11.8 Å². The van der Waals surface area contributed by atoms with Crippen LogP contribution in [0.1, 0.15) is 32.6 Å². The summed E-state index contributed by atoms with van der Waals surface area (Å²) in [5, 5.41) is 18.0. The number of hydrogen-bond acceptors (Lipinski definition) is 3. The van der Waals surface area contributed by atoms with Crippen LogP contribution in [0.5, 0.6) is 0 Å². The zero-order valence-corrected chi connectivity index (χ0v) is 12.0. The molecule has 0 radical (unpaired) electrons. The summed E-state index contributed by atoms with van der Waals surface area (Å²) < 4.78 is 0. The van der Waals surface area contributed by atoms with Crippen molar-refractivity contribution in [2.75, 3.05) is 26.2 Å². The van der Waals surface area contributed by atoms with Crippen LogP contribution >= 0.6 is 0 Å². The molecule has 2 aliphatic rings. The lowest BCUT2D eigenvalue weighted by Crippen LogP contribution is -2.59. The topological polar surface area (TPSA) is 81.1 Å². The van der Waals surface area contributed by atoms with E-state index in [-0.39, 0.29) is 24.6 Å². The van der Waals surface area contributed by atoms with Gasteiger partial charge in [-0.15, -0.1) is 0 Å². The summed E-state index contributed by atoms with van der Waals surface area (Å²) in [5.41, 5.74) is 0. The number of carbonyl (C=O) groups excluding carboxylic acids is 1. The molecule has 20 heavy (non-hydrogen) atoms. The first-order chi connectivity index (χ1) is 9.54. The maximum absolute atomic E-state index is 12.4. The average Bonchev–Trinajstić information content (AvgIpc) is 2.37. The molecule has 2 saturated heterocycles. The molecule has 0 aromatic rings. The fourth-order valence-electron chi connectivity index (χ4n) is 3.07. The van der Waals surface area contributed by atoms with Gasteiger partial charge in [-0.05, 0) is 25.7 Å². The van der Waals surface area contributed by atoms with Crippen LogP contribution in [0.4, 0.5) is 4.79 Å². The van der Waals surface area contributed by atoms with Crippen molar-refractivity contribution < 1.29 is 19.8 Å². The van der Waals surface area contributed by atoms with Gasteiger partial charge in [0, 0.05) is 38.2 Å². The Morgan fingerprint density at radius 3 is 2.60 bits per heavy atom. The van der Waals surface area contributed by atoms with E-state index in [4.69, 9.17) is 10.2 Å². The first-order valence-electron chi connectivity index (χ1n) is 7.43. The van der Waals surface area contributed by atoms with Crippen LogP contribution in [-0.4, -0.2) is 64.3 Å². The molecule has 0 bridgehead atoms. The average molecular weight is 284 g/mol. The van der Waals surface area contributed by atoms with Crippen molar-refractivity contribution in [3.8, 4) is 0 Å². The van der Waals surface area contributed by atoms with E-state index in [0.717, 1.165) is 25.8 Å². The lowest BCUT2D eigenvalue weighted by atomic mass is 9.87. The molecule has 0 aromatic carbocycles. The monoisotopic (exact) mass is 284 g/mol. The molecule has 0 spiro atoms. The summed E-state index contributed by atoms with van der Waals surface area (Å²) >= 11 is 0. The lowest BCUT2D eigenvalue weighted by molar-refractivity contribution is -0.145. The molecule has 2 rings (SSSR count). The van der Waals surface area contributed by atoms with Gasteiger partial charge in [0.15, 0.2) is 0 Å². The maximum atomic E-state index is 12.4. The Hall–Kier alpha value is -1.30. The highest BCUT2D eigenvalue weighted by Gasteiger charge is 2.40. The molecule has 6 nitrogen and oxygen atoms in total. The van der Waals surface area contributed by atoms with Crippen molar-refractivity contribution >= 4 is 12.0 Å². The van der Waals surface area contributed by atoms with E-state index in [1.807, 2.05) is 4.90 Å². The van der Waals surface area contributed by atoms with Gasteiger partial charge < -0.3 is 20.0 Å². The SMILES string of the molecule is CC(C(=O)O)C1CN(C(=O)N2CCCCC2CCO)C1. The minimum absolute atomic E-state index is 0.0111. The molecule has 2 atom stereocenters. The van der Waals surface area contributed by atoms with Crippen LogP contribution in [0.3, 0.4) is 0 Å². The van der Waals surface area contributed by atoms with Crippen molar-refractivity contribution in [3.05, 3.63) is 0 Å². The predicted octanol–water partition coefficient (Wildman–Crippen LogP) is 0.996. The Kier molecular flexibility index (Phi) is 4.86. The lowest BCUT2D eigenvalue weighted by Gasteiger charge is -2.46. The van der Waals surface area contributed by atoms with Crippen LogP contribution in [-0.2, 0) is 4.79 Å². The van der Waals surface area contributed by atoms with Crippen LogP contribution in [0.25, 0.3) is 0 Å². The number of likely N-dealkylation sites (tertiary alicyclic amines) is 2. The second-order valence-corrected chi connectivity index (χ2v) is 5.93. The molecule has 114 valence electrons. The van der Waals surface area contributed by atoms with Gasteiger partial charge in [0.2, 0.25) is 0 Å². The van der Waals surface area contributed by atoms with Crippen LogP contribution < -0.4 is 0 Å². The first kappa shape index (κ1) is 15.1. The van der Waals surface area contributed by atoms with Gasteiger partial charge >= 0.3 is 12.0 Å². The summed E-state index contributed by atoms with van der Waals surface area (Å²) in [4.78, 5) is 26.9. The summed E-state index contributed by atoms with van der Waals surface area (Å²) in [6.45, 7) is 3.62. The fraction of sp³-hybridized carbons (Fsp3) is 0.857. The van der Waals surface area contributed by atoms with Gasteiger partial charge in [0.1, 0.15) is 0 Å². The quantitative estimate of drug-likeness (QED) is 0.807. The van der Waals surface area contributed by atoms with E-state index < -0.39 is 11.9 Å². The molecule has 2 amide bonds. The number of amides is 2. The molecular weight excluding hydrogens is 260 g/mol. The number of aliphatic carboxylic acids is 1. The van der Waals surface area contributed by atoms with Gasteiger partial charge in [-0.3, -0.25) is 4.79 Å². The minimum Gasteiger partial charge on any atom is -0.481 e. The zero-order chi connectivity index (χ0) is 14.7. The molecule has 0 aliphatic carbocycles. The van der Waals surface area contributed by atoms with Gasteiger partial charge in [0.05, 0.1) is 5.92 Å². The van der Waals surface area contributed by atoms with Crippen molar-refractivity contribution in [2.45, 2.75) is 38.6 Å². The smallest absolute Gasteiger partial charge is 0.320 e. The fourth-order valence-corrected chi connectivity index (χ4v) is 3.07. The molecule has 2 heterocycles. The molecule has 2 aliphatic heterocycles. The molecule has 0 saturated carbocycles. The number of aliphatic hydroxyl groups is 1. The summed E-state index contributed by atoms with van der Waals surface area (Å²) in [5.74, 6) is -1.12. The van der Waals surface area contributed by atoms with Gasteiger partial charge in [-0.2, -0.15) is 0 Å². The third-order valence-electron chi connectivity index (χ3n) is 4.61. The van der Waals surface area contributed by atoms with E-state index in [2.05, 4.69) is 0 Å². The Morgan fingerprint density at radius 1 is 1.30 bits per heavy atom. The number of carbonyl (C=O) groups is 2. The maximum Gasteiger partial charge on any atom is 0.320 e. The molecule has 2 unspecified atom stereocenters. The third-order valence-corrected chi connectivity index (χ3v) is 4.61. The number of aliphatic hydroxyl groups excluding tert-OH is 1. The van der Waals surface area contributed by atoms with Crippen molar-refractivity contribution in [1.82, 2.24) is 9.80 Å². The van der Waals surface area contributed by atoms with Crippen LogP contribution in [0, 0.1) is 11.8 Å². The largest absolute Gasteiger partial charge is 0.481 e. The Bertz CT molecular complexity index is 366. The van der Waals surface area contributed by atoms with Crippen LogP contribution in [0.2, 0.25) is 0 Å². The third kappa shape index (κ3) is 3.06. The molecular formula is C14H24N2O4. The normalized spacial score (nSPS) is 25.2. The first-order valence-corrected chi connectivity index (χ1v) is 7.43. The van der Waals surface area contributed by atoms with E-state index in [0.29, 0.717) is 19.5 Å². The summed E-state index contributed by atoms with van der Waals surface area (Å²) in [7, 11) is 0. The number of urea groups is 1. The number of nitrogens with zero attached hydrogens (tertiary/aromatic N) is 2. The molecule has 6 heteroatoms. The van der Waals surface area contributed by atoms with E-state index in [1.54, 1.807) is 11.8 Å². The highest BCUT2D eigenvalue weighted by molar-refractivity contribution is 5.77. The summed E-state index contributed by atoms with van der Waals surface area (Å²) in [6, 6.07) is 0.147. The van der Waals surface area contributed by atoms with Crippen molar-refractivity contribution in [3.63, 3.8) is 0 Å². The van der Waals surface area contributed by atoms with Crippen molar-refractivity contribution in [1.29, 1.82) is 0 Å². The Labute approximate surface area is 119 Å². The van der Waals surface area contributed by atoms with Gasteiger partial charge in [-0.1, -0.05) is 6.92 Å². The van der Waals surface area contributed by atoms with Gasteiger partial charge in [-0.25, -0.2) is 4.79 Å². The number of hydrogen-bond donors (Lipinski definition) is 2. The van der Waals surface area contributed by atoms with Gasteiger partial charge in [0.25, 0.3) is 0 Å². The standard InChI is InChI=1S/C14H24N2O4/c1-10(13(18)19)11-8-15(9-11)14(20)16-6-3-2-4-12(16)5-7-17/h10-12,17H,2-9H2,1H3,(H,18,19). The second-order valence-electron chi connectivity index (χ2n) is 5.93. The zero-order valence-electron chi connectivity index (χ0n) is 12.0. The predicted molar refractivity (Wildman–Crippen MR) is 73.3 cm³/mol. The number of rotatable bonds is 4. The molecule has 2 N–H and O–H groups in total. The highest BCUT2D eigenvalue weighted by Crippen LogP contribution is 2.28. The number of piperidine rings is 1.